The number of aromatic nitrogens is 2. The highest BCUT2D eigenvalue weighted by Crippen LogP contribution is 2.26. The zero-order valence-corrected chi connectivity index (χ0v) is 16.8. The Morgan fingerprint density at radius 2 is 2.00 bits per heavy atom. The molecule has 0 atom stereocenters. The maximum Gasteiger partial charge on any atom is 0.255 e. The number of carbonyl (C=O) groups is 1. The van der Waals surface area contributed by atoms with Crippen LogP contribution in [0.15, 0.2) is 18.2 Å². The summed E-state index contributed by atoms with van der Waals surface area (Å²) in [5.74, 6) is -0.396. The first kappa shape index (κ1) is 21.6. The number of aryl methyl sites for hydroxylation is 1. The van der Waals surface area contributed by atoms with Crippen molar-refractivity contribution in [2.24, 2.45) is 0 Å². The molecule has 148 valence electrons. The quantitative estimate of drug-likeness (QED) is 0.647. The Morgan fingerprint density at radius 3 is 2.59 bits per heavy atom. The number of methoxy groups -OCH3 is 1. The lowest BCUT2D eigenvalue weighted by atomic mass is 10.1. The van der Waals surface area contributed by atoms with Crippen LogP contribution < -0.4 is 0 Å². The summed E-state index contributed by atoms with van der Waals surface area (Å²) in [4.78, 5) is 13.7. The molecule has 0 aliphatic heterocycles. The summed E-state index contributed by atoms with van der Waals surface area (Å²) in [6.45, 7) is 3.27. The molecule has 0 fully saturated rings. The van der Waals surface area contributed by atoms with Gasteiger partial charge in [0.25, 0.3) is 6.43 Å². The zero-order chi connectivity index (χ0) is 20.1. The minimum atomic E-state index is -2.60. The van der Waals surface area contributed by atoms with Crippen LogP contribution in [0.5, 0.6) is 0 Å². The normalized spacial score (nSPS) is 11.3. The summed E-state index contributed by atoms with van der Waals surface area (Å²) in [5.41, 5.74) is 2.79. The Balaban J connectivity index is 2.26. The molecule has 0 saturated heterocycles. The smallest absolute Gasteiger partial charge is 0.255 e. The van der Waals surface area contributed by atoms with Crippen molar-refractivity contribution in [2.75, 3.05) is 26.8 Å². The summed E-state index contributed by atoms with van der Waals surface area (Å²) < 4.78 is 32.1. The van der Waals surface area contributed by atoms with E-state index in [0.717, 1.165) is 10.6 Å². The van der Waals surface area contributed by atoms with Gasteiger partial charge in [-0.3, -0.25) is 4.79 Å². The molecule has 27 heavy (non-hydrogen) atoms. The summed E-state index contributed by atoms with van der Waals surface area (Å²) in [7, 11) is 1.46. The SMILES string of the molecule is COCCN(CC(F)F)C(=O)Cc1c(C)nn(-c2ccc(Cl)c(Cl)c2)c1C. The summed E-state index contributed by atoms with van der Waals surface area (Å²) in [6, 6.07) is 5.10. The highest BCUT2D eigenvalue weighted by atomic mass is 35.5. The molecule has 2 rings (SSSR count). The standard InChI is InChI=1S/C18H21Cl2F2N3O2/c1-11-14(9-18(26)24(6-7-27-3)10-17(21)22)12(2)25(23-11)13-4-5-15(19)16(20)8-13/h4-5,8,17H,6-7,9-10H2,1-3H3. The van der Waals surface area contributed by atoms with Gasteiger partial charge >= 0.3 is 0 Å². The molecule has 0 N–H and O–H groups in total. The van der Waals surface area contributed by atoms with Crippen LogP contribution in [0.2, 0.25) is 10.0 Å². The fourth-order valence-corrected chi connectivity index (χ4v) is 3.04. The van der Waals surface area contributed by atoms with Crippen molar-refractivity contribution in [2.45, 2.75) is 26.7 Å². The van der Waals surface area contributed by atoms with Gasteiger partial charge in [0, 0.05) is 24.9 Å². The van der Waals surface area contributed by atoms with E-state index in [1.54, 1.807) is 29.8 Å². The van der Waals surface area contributed by atoms with E-state index >= 15 is 0 Å². The van der Waals surface area contributed by atoms with Crippen molar-refractivity contribution in [1.82, 2.24) is 14.7 Å². The molecule has 0 bridgehead atoms. The molecule has 1 heterocycles. The van der Waals surface area contributed by atoms with Gasteiger partial charge in [0.1, 0.15) is 0 Å². The molecule has 0 unspecified atom stereocenters. The van der Waals surface area contributed by atoms with E-state index in [2.05, 4.69) is 5.10 Å². The Labute approximate surface area is 166 Å². The maximum atomic E-state index is 12.8. The average molecular weight is 420 g/mol. The molecule has 0 aliphatic rings. The van der Waals surface area contributed by atoms with Gasteiger partial charge in [-0.1, -0.05) is 23.2 Å². The van der Waals surface area contributed by atoms with Crippen molar-refractivity contribution in [1.29, 1.82) is 0 Å². The molecule has 1 aromatic carbocycles. The highest BCUT2D eigenvalue weighted by Gasteiger charge is 2.22. The van der Waals surface area contributed by atoms with E-state index in [-0.39, 0.29) is 19.6 Å². The van der Waals surface area contributed by atoms with E-state index in [1.165, 1.54) is 7.11 Å². The number of carbonyl (C=O) groups excluding carboxylic acids is 1. The second-order valence-corrected chi connectivity index (χ2v) is 6.87. The average Bonchev–Trinajstić information content (AvgIpc) is 2.88. The first-order valence-electron chi connectivity index (χ1n) is 8.30. The Hall–Kier alpha value is -1.70. The predicted octanol–water partition coefficient (Wildman–Crippen LogP) is 4.08. The number of rotatable bonds is 8. The van der Waals surface area contributed by atoms with Crippen LogP contribution in [0, 0.1) is 13.8 Å². The molecule has 0 saturated carbocycles. The van der Waals surface area contributed by atoms with Crippen molar-refractivity contribution in [3.05, 3.63) is 45.2 Å². The Morgan fingerprint density at radius 1 is 1.30 bits per heavy atom. The highest BCUT2D eigenvalue weighted by molar-refractivity contribution is 6.42. The third-order valence-corrected chi connectivity index (χ3v) is 4.93. The summed E-state index contributed by atoms with van der Waals surface area (Å²) in [6.07, 6.45) is -2.62. The molecule has 2 aromatic rings. The van der Waals surface area contributed by atoms with Crippen molar-refractivity contribution < 1.29 is 18.3 Å². The second-order valence-electron chi connectivity index (χ2n) is 6.06. The van der Waals surface area contributed by atoms with Crippen molar-refractivity contribution in [3.63, 3.8) is 0 Å². The molecular formula is C18H21Cl2F2N3O2. The Kier molecular flexibility index (Phi) is 7.59. The van der Waals surface area contributed by atoms with E-state index < -0.39 is 18.9 Å². The van der Waals surface area contributed by atoms with Gasteiger partial charge in [0.2, 0.25) is 5.91 Å². The molecule has 5 nitrogen and oxygen atoms in total. The molecule has 0 spiro atoms. The summed E-state index contributed by atoms with van der Waals surface area (Å²) >= 11 is 12.0. The number of hydrogen-bond donors (Lipinski definition) is 0. The van der Waals surface area contributed by atoms with Crippen LogP contribution in [0.4, 0.5) is 8.78 Å². The van der Waals surface area contributed by atoms with Gasteiger partial charge in [0.15, 0.2) is 0 Å². The molecular weight excluding hydrogens is 399 g/mol. The van der Waals surface area contributed by atoms with Gasteiger partial charge in [-0.15, -0.1) is 0 Å². The summed E-state index contributed by atoms with van der Waals surface area (Å²) in [5, 5.41) is 5.28. The number of halogens is 4. The van der Waals surface area contributed by atoms with Gasteiger partial charge in [-0.25, -0.2) is 13.5 Å². The van der Waals surface area contributed by atoms with E-state index in [9.17, 15) is 13.6 Å². The number of benzene rings is 1. The zero-order valence-electron chi connectivity index (χ0n) is 15.3. The Bertz CT molecular complexity index is 812. The molecule has 0 aliphatic carbocycles. The van der Waals surface area contributed by atoms with Gasteiger partial charge in [0.05, 0.1) is 41.0 Å². The predicted molar refractivity (Wildman–Crippen MR) is 101 cm³/mol. The van der Waals surface area contributed by atoms with Crippen LogP contribution in [0.3, 0.4) is 0 Å². The lowest BCUT2D eigenvalue weighted by molar-refractivity contribution is -0.133. The van der Waals surface area contributed by atoms with Crippen LogP contribution >= 0.6 is 23.2 Å². The molecule has 0 radical (unpaired) electrons. The van der Waals surface area contributed by atoms with E-state index in [1.807, 2.05) is 6.92 Å². The third kappa shape index (κ3) is 5.40. The van der Waals surface area contributed by atoms with Crippen LogP contribution in [-0.4, -0.2) is 53.8 Å². The monoisotopic (exact) mass is 419 g/mol. The van der Waals surface area contributed by atoms with E-state index in [0.29, 0.717) is 27.0 Å². The molecule has 9 heteroatoms. The number of alkyl halides is 2. The molecule has 1 aromatic heterocycles. The maximum absolute atomic E-state index is 12.8. The minimum Gasteiger partial charge on any atom is -0.383 e. The number of amides is 1. The van der Waals surface area contributed by atoms with E-state index in [4.69, 9.17) is 27.9 Å². The fraction of sp³-hybridized carbons (Fsp3) is 0.444. The lowest BCUT2D eigenvalue weighted by Gasteiger charge is -2.22. The molecule has 1 amide bonds. The lowest BCUT2D eigenvalue weighted by Crippen LogP contribution is -2.38. The van der Waals surface area contributed by atoms with Crippen LogP contribution in [-0.2, 0) is 16.0 Å². The van der Waals surface area contributed by atoms with Crippen molar-refractivity contribution >= 4 is 29.1 Å². The van der Waals surface area contributed by atoms with Gasteiger partial charge in [-0.2, -0.15) is 5.10 Å². The van der Waals surface area contributed by atoms with Crippen LogP contribution in [0.25, 0.3) is 5.69 Å². The minimum absolute atomic E-state index is 0.0184. The fourth-order valence-electron chi connectivity index (χ4n) is 2.75. The largest absolute Gasteiger partial charge is 0.383 e. The third-order valence-electron chi connectivity index (χ3n) is 4.19. The number of ether oxygens (including phenoxy) is 1. The first-order chi connectivity index (χ1) is 12.7. The number of nitrogens with zero attached hydrogens (tertiary/aromatic N) is 3. The van der Waals surface area contributed by atoms with Gasteiger partial charge < -0.3 is 9.64 Å². The first-order valence-corrected chi connectivity index (χ1v) is 9.05. The second kappa shape index (κ2) is 9.48. The topological polar surface area (TPSA) is 47.4 Å². The number of hydrogen-bond acceptors (Lipinski definition) is 3. The van der Waals surface area contributed by atoms with Gasteiger partial charge in [-0.05, 0) is 32.0 Å². The van der Waals surface area contributed by atoms with Crippen molar-refractivity contribution in [3.8, 4) is 5.69 Å². The van der Waals surface area contributed by atoms with Crippen LogP contribution in [0.1, 0.15) is 17.0 Å².